The van der Waals surface area contributed by atoms with Gasteiger partial charge in [-0.2, -0.15) is 0 Å². The number of imide groups is 2. The second-order valence-electron chi connectivity index (χ2n) is 14.2. The SMILES string of the molecule is CC1(C)C(=O)N(CC(=O)N(C(=O)[C@@H](N)CC(=O)O)C2C3CC4CC(C3)CC2C4)C(=O)N1Cc1ccc(NC(=O)Nc2ccccc2)cc1. The molecule has 5 fully saturated rings. The normalized spacial score (nSPS) is 25.9. The van der Waals surface area contributed by atoms with Crippen LogP contribution in [0.3, 0.4) is 0 Å². The maximum absolute atomic E-state index is 14.1. The number of carboxylic acid groups (broad SMARTS) is 1. The second kappa shape index (κ2) is 13.0. The van der Waals surface area contributed by atoms with Gasteiger partial charge in [-0.05, 0) is 99.5 Å². The predicted octanol–water partition coefficient (Wildman–Crippen LogP) is 3.86. The van der Waals surface area contributed by atoms with Gasteiger partial charge in [0, 0.05) is 24.0 Å². The average molecular weight is 659 g/mol. The highest BCUT2D eigenvalue weighted by atomic mass is 16.4. The summed E-state index contributed by atoms with van der Waals surface area (Å²) in [6, 6.07) is 12.9. The van der Waals surface area contributed by atoms with Crippen LogP contribution >= 0.6 is 0 Å². The zero-order valence-electron chi connectivity index (χ0n) is 27.1. The minimum atomic E-state index is -1.43. The molecule has 5 N–H and O–H groups in total. The molecule has 5 aliphatic rings. The van der Waals surface area contributed by atoms with Crippen molar-refractivity contribution in [3.05, 3.63) is 60.2 Å². The van der Waals surface area contributed by atoms with Gasteiger partial charge in [-0.3, -0.25) is 29.0 Å². The lowest BCUT2D eigenvalue weighted by Crippen LogP contribution is -2.63. The summed E-state index contributed by atoms with van der Waals surface area (Å²) in [6.07, 6.45) is 4.07. The standard InChI is InChI=1S/C35H42N6O7/c1-35(2)32(46)39(34(48)40(35)18-20-8-10-26(11-9-20)38-33(47)37-25-6-4-3-5-7-25)19-28(42)41(31(45)27(36)17-29(43)44)30-23-13-21-12-22(15-23)16-24(30)14-21/h3-11,21-24,27,30H,12-19,36H2,1-2H3,(H,43,44)(H2,37,38,47)/t21?,22?,23?,24?,27-,30?/m0/s1. The van der Waals surface area contributed by atoms with E-state index in [9.17, 15) is 33.9 Å². The number of hydrogen-bond donors (Lipinski definition) is 4. The molecule has 7 amide bonds. The number of anilines is 2. The van der Waals surface area contributed by atoms with E-state index in [1.54, 1.807) is 50.2 Å². The van der Waals surface area contributed by atoms with E-state index >= 15 is 0 Å². The Morgan fingerprint density at radius 3 is 2.02 bits per heavy atom. The number of carbonyl (C=O) groups excluding carboxylic acids is 5. The summed E-state index contributed by atoms with van der Waals surface area (Å²) in [6.45, 7) is 2.61. The summed E-state index contributed by atoms with van der Waals surface area (Å²) in [7, 11) is 0. The summed E-state index contributed by atoms with van der Waals surface area (Å²) < 4.78 is 0. The van der Waals surface area contributed by atoms with Gasteiger partial charge in [0.2, 0.25) is 11.8 Å². The Hall–Kier alpha value is -4.78. The smallest absolute Gasteiger partial charge is 0.328 e. The first kappa shape index (κ1) is 33.1. The number of amides is 7. The largest absolute Gasteiger partial charge is 0.481 e. The zero-order valence-corrected chi connectivity index (χ0v) is 27.1. The fourth-order valence-electron chi connectivity index (χ4n) is 8.43. The maximum atomic E-state index is 14.1. The Labute approximate surface area is 278 Å². The second-order valence-corrected chi connectivity index (χ2v) is 14.2. The van der Waals surface area contributed by atoms with E-state index < -0.39 is 66.3 Å². The van der Waals surface area contributed by atoms with Crippen LogP contribution < -0.4 is 16.4 Å². The van der Waals surface area contributed by atoms with Crippen molar-refractivity contribution in [2.75, 3.05) is 17.2 Å². The minimum Gasteiger partial charge on any atom is -0.481 e. The van der Waals surface area contributed by atoms with Gasteiger partial charge in [-0.25, -0.2) is 9.59 Å². The number of nitrogens with two attached hydrogens (primary N) is 1. The van der Waals surface area contributed by atoms with Crippen LogP contribution in [0.4, 0.5) is 21.0 Å². The van der Waals surface area contributed by atoms with E-state index in [1.807, 2.05) is 18.2 Å². The number of nitrogens with zero attached hydrogens (tertiary/aromatic N) is 3. The first-order chi connectivity index (χ1) is 22.8. The number of rotatable bonds is 10. The zero-order chi connectivity index (χ0) is 34.3. The molecule has 0 unspecified atom stereocenters. The van der Waals surface area contributed by atoms with Crippen LogP contribution in [0.5, 0.6) is 0 Å². The molecular formula is C35H42N6O7. The third kappa shape index (κ3) is 6.51. The van der Waals surface area contributed by atoms with Gasteiger partial charge in [0.15, 0.2) is 0 Å². The third-order valence-electron chi connectivity index (χ3n) is 10.5. The lowest BCUT2D eigenvalue weighted by Gasteiger charge is -2.56. The molecule has 0 spiro atoms. The predicted molar refractivity (Wildman–Crippen MR) is 175 cm³/mol. The molecule has 4 bridgehead atoms. The Morgan fingerprint density at radius 2 is 1.46 bits per heavy atom. The number of nitrogens with one attached hydrogen (secondary N) is 2. The van der Waals surface area contributed by atoms with Gasteiger partial charge in [0.1, 0.15) is 12.1 Å². The van der Waals surface area contributed by atoms with Crippen LogP contribution in [-0.2, 0) is 25.7 Å². The highest BCUT2D eigenvalue weighted by Gasteiger charge is 2.55. The number of urea groups is 2. The van der Waals surface area contributed by atoms with Gasteiger partial charge in [-0.1, -0.05) is 30.3 Å². The highest BCUT2D eigenvalue weighted by molar-refractivity contribution is 6.10. The topological polar surface area (TPSA) is 182 Å². The van der Waals surface area contributed by atoms with Gasteiger partial charge in [0.05, 0.1) is 12.5 Å². The maximum Gasteiger partial charge on any atom is 0.328 e. The van der Waals surface area contributed by atoms with Crippen molar-refractivity contribution in [1.29, 1.82) is 0 Å². The Kier molecular flexibility index (Phi) is 8.99. The van der Waals surface area contributed by atoms with E-state index in [0.29, 0.717) is 28.8 Å². The molecule has 254 valence electrons. The quantitative estimate of drug-likeness (QED) is 0.278. The number of aliphatic carboxylic acids is 1. The summed E-state index contributed by atoms with van der Waals surface area (Å²) >= 11 is 0. The van der Waals surface area contributed by atoms with Gasteiger partial charge in [0.25, 0.3) is 5.91 Å². The van der Waals surface area contributed by atoms with E-state index in [-0.39, 0.29) is 18.4 Å². The number of benzene rings is 2. The van der Waals surface area contributed by atoms with E-state index in [4.69, 9.17) is 5.73 Å². The first-order valence-corrected chi connectivity index (χ1v) is 16.5. The molecular weight excluding hydrogens is 616 g/mol. The van der Waals surface area contributed by atoms with Crippen molar-refractivity contribution in [1.82, 2.24) is 14.7 Å². The summed E-state index contributed by atoms with van der Waals surface area (Å²) in [5.41, 5.74) is 6.60. The molecule has 0 radical (unpaired) electrons. The first-order valence-electron chi connectivity index (χ1n) is 16.5. The molecule has 1 atom stereocenters. The molecule has 0 aromatic heterocycles. The van der Waals surface area contributed by atoms with E-state index in [0.717, 1.165) is 41.9 Å². The molecule has 1 heterocycles. The average Bonchev–Trinajstić information content (AvgIpc) is 3.18. The lowest BCUT2D eigenvalue weighted by molar-refractivity contribution is -0.161. The van der Waals surface area contributed by atoms with Gasteiger partial charge >= 0.3 is 18.0 Å². The van der Waals surface area contributed by atoms with Gasteiger partial charge in [-0.15, -0.1) is 0 Å². The minimum absolute atomic E-state index is 0.0560. The number of carbonyl (C=O) groups is 6. The Balaban J connectivity index is 1.15. The van der Waals surface area contributed by atoms with Crippen molar-refractivity contribution in [2.45, 2.75) is 76.5 Å². The molecule has 1 aliphatic heterocycles. The van der Waals surface area contributed by atoms with Crippen LogP contribution in [0.15, 0.2) is 54.6 Å². The molecule has 13 heteroatoms. The molecule has 1 saturated heterocycles. The van der Waals surface area contributed by atoms with E-state index in [2.05, 4.69) is 10.6 Å². The molecule has 2 aromatic carbocycles. The third-order valence-corrected chi connectivity index (χ3v) is 10.5. The fourth-order valence-corrected chi connectivity index (χ4v) is 8.43. The molecule has 2 aromatic rings. The van der Waals surface area contributed by atoms with Crippen LogP contribution in [0.25, 0.3) is 0 Å². The monoisotopic (exact) mass is 658 g/mol. The Morgan fingerprint density at radius 1 is 0.896 bits per heavy atom. The van der Waals surface area contributed by atoms with Crippen molar-refractivity contribution >= 4 is 47.1 Å². The number of hydrogen-bond acceptors (Lipinski definition) is 7. The molecule has 48 heavy (non-hydrogen) atoms. The summed E-state index contributed by atoms with van der Waals surface area (Å²) in [5.74, 6) is -2.05. The van der Waals surface area contributed by atoms with E-state index in [1.165, 1.54) is 4.90 Å². The van der Waals surface area contributed by atoms with Gasteiger partial charge < -0.3 is 26.4 Å². The van der Waals surface area contributed by atoms with Crippen LogP contribution in [-0.4, -0.2) is 79.7 Å². The molecule has 4 saturated carbocycles. The van der Waals surface area contributed by atoms with Crippen molar-refractivity contribution in [2.24, 2.45) is 29.4 Å². The van der Waals surface area contributed by atoms with Crippen LogP contribution in [0.2, 0.25) is 0 Å². The van der Waals surface area contributed by atoms with Crippen molar-refractivity contribution in [3.8, 4) is 0 Å². The summed E-state index contributed by atoms with van der Waals surface area (Å²) in [5, 5.41) is 14.8. The summed E-state index contributed by atoms with van der Waals surface area (Å²) in [4.78, 5) is 82.3. The van der Waals surface area contributed by atoms with Crippen molar-refractivity contribution < 1.29 is 33.9 Å². The number of para-hydroxylation sites is 1. The molecule has 4 aliphatic carbocycles. The van der Waals surface area contributed by atoms with Crippen LogP contribution in [0.1, 0.15) is 57.9 Å². The highest BCUT2D eigenvalue weighted by Crippen LogP contribution is 2.55. The van der Waals surface area contributed by atoms with Crippen molar-refractivity contribution in [3.63, 3.8) is 0 Å². The van der Waals surface area contributed by atoms with Crippen LogP contribution in [0, 0.1) is 23.7 Å². The number of carboxylic acids is 1. The molecule has 7 rings (SSSR count). The lowest BCUT2D eigenvalue weighted by atomic mass is 9.53. The molecule has 13 nitrogen and oxygen atoms in total. The Bertz CT molecular complexity index is 1580. The fraction of sp³-hybridized carbons (Fsp3) is 0.486.